The van der Waals surface area contributed by atoms with Crippen LogP contribution in [0, 0.1) is 12.8 Å². The van der Waals surface area contributed by atoms with E-state index in [0.29, 0.717) is 30.2 Å². The van der Waals surface area contributed by atoms with E-state index in [9.17, 15) is 4.79 Å². The van der Waals surface area contributed by atoms with Crippen LogP contribution in [0.25, 0.3) is 11.2 Å². The predicted octanol–water partition coefficient (Wildman–Crippen LogP) is 2.52. The smallest absolute Gasteiger partial charge is 0.299 e. The van der Waals surface area contributed by atoms with Crippen LogP contribution >= 0.6 is 0 Å². The van der Waals surface area contributed by atoms with E-state index in [2.05, 4.69) is 24.8 Å². The Kier molecular flexibility index (Phi) is 4.79. The van der Waals surface area contributed by atoms with Crippen LogP contribution in [0.3, 0.4) is 0 Å². The number of H-pyrrole nitrogens is 1. The second-order valence-electron chi connectivity index (χ2n) is 7.24. The third-order valence-electron chi connectivity index (χ3n) is 4.97. The predicted molar refractivity (Wildman–Crippen MR) is 101 cm³/mol. The molecule has 1 fully saturated rings. The maximum atomic E-state index is 12.6. The van der Waals surface area contributed by atoms with Gasteiger partial charge in [-0.25, -0.2) is 9.97 Å². The molecule has 0 radical (unpaired) electrons. The minimum atomic E-state index is 0.134. The second kappa shape index (κ2) is 7.38. The molecular weight excluding hydrogens is 344 g/mol. The van der Waals surface area contributed by atoms with Crippen molar-refractivity contribution in [2.75, 3.05) is 25.0 Å². The number of imidazole rings is 1. The normalized spacial score (nSPS) is 17.4. The van der Waals surface area contributed by atoms with Crippen LogP contribution in [0.15, 0.2) is 28.9 Å². The monoisotopic (exact) mass is 368 g/mol. The zero-order valence-corrected chi connectivity index (χ0v) is 15.7. The van der Waals surface area contributed by atoms with E-state index in [1.54, 1.807) is 17.3 Å². The molecule has 0 spiro atoms. The van der Waals surface area contributed by atoms with Crippen LogP contribution in [0.2, 0.25) is 0 Å². The first-order valence-electron chi connectivity index (χ1n) is 9.29. The van der Waals surface area contributed by atoms with Gasteiger partial charge in [-0.3, -0.25) is 4.79 Å². The Hall–Kier alpha value is -2.90. The SMILES string of the molecule is Cc1cnc(CN(C)C(=O)CC2CCCN(c3nc4ncccc4o3)C2)[nH]1. The molecule has 0 saturated carbocycles. The van der Waals surface area contributed by atoms with E-state index in [1.165, 1.54) is 0 Å². The van der Waals surface area contributed by atoms with Gasteiger partial charge in [0.25, 0.3) is 6.01 Å². The number of hydrogen-bond acceptors (Lipinski definition) is 6. The summed E-state index contributed by atoms with van der Waals surface area (Å²) in [6.45, 7) is 4.11. The number of hydrogen-bond donors (Lipinski definition) is 1. The molecule has 142 valence electrons. The zero-order chi connectivity index (χ0) is 18.8. The lowest BCUT2D eigenvalue weighted by Crippen LogP contribution is -2.38. The number of anilines is 1. The van der Waals surface area contributed by atoms with Crippen molar-refractivity contribution in [3.63, 3.8) is 0 Å². The Balaban J connectivity index is 1.37. The Bertz CT molecular complexity index is 900. The largest absolute Gasteiger partial charge is 0.422 e. The summed E-state index contributed by atoms with van der Waals surface area (Å²) in [6.07, 6.45) is 6.06. The van der Waals surface area contributed by atoms with Crippen molar-refractivity contribution >= 4 is 23.2 Å². The minimum absolute atomic E-state index is 0.134. The number of carbonyl (C=O) groups excluding carboxylic acids is 1. The Morgan fingerprint density at radius 1 is 1.44 bits per heavy atom. The van der Waals surface area contributed by atoms with E-state index in [0.717, 1.165) is 37.4 Å². The number of amides is 1. The molecule has 8 nitrogen and oxygen atoms in total. The first-order chi connectivity index (χ1) is 13.1. The summed E-state index contributed by atoms with van der Waals surface area (Å²) >= 11 is 0. The van der Waals surface area contributed by atoms with E-state index < -0.39 is 0 Å². The van der Waals surface area contributed by atoms with Gasteiger partial charge in [-0.15, -0.1) is 0 Å². The molecule has 0 aromatic carbocycles. The molecule has 3 aromatic rings. The lowest BCUT2D eigenvalue weighted by molar-refractivity contribution is -0.131. The number of nitrogens with one attached hydrogen (secondary N) is 1. The highest BCUT2D eigenvalue weighted by Crippen LogP contribution is 2.27. The van der Waals surface area contributed by atoms with Crippen molar-refractivity contribution in [3.8, 4) is 0 Å². The maximum absolute atomic E-state index is 12.6. The van der Waals surface area contributed by atoms with Gasteiger partial charge < -0.3 is 19.2 Å². The number of nitrogens with zero attached hydrogens (tertiary/aromatic N) is 5. The number of piperidine rings is 1. The molecule has 27 heavy (non-hydrogen) atoms. The minimum Gasteiger partial charge on any atom is -0.422 e. The topological polar surface area (TPSA) is 91.2 Å². The summed E-state index contributed by atoms with van der Waals surface area (Å²) < 4.78 is 5.83. The summed E-state index contributed by atoms with van der Waals surface area (Å²) in [7, 11) is 1.83. The van der Waals surface area contributed by atoms with Crippen molar-refractivity contribution in [2.45, 2.75) is 32.7 Å². The van der Waals surface area contributed by atoms with Crippen molar-refractivity contribution in [1.29, 1.82) is 0 Å². The standard InChI is InChI=1S/C19H24N6O2/c1-13-10-21-16(22-13)12-24(2)17(26)9-14-5-4-8-25(11-14)19-23-18-15(27-19)6-3-7-20-18/h3,6-7,10,14H,4-5,8-9,11-12H2,1-2H3,(H,21,22). The van der Waals surface area contributed by atoms with Crippen LogP contribution in [-0.2, 0) is 11.3 Å². The van der Waals surface area contributed by atoms with Crippen LogP contribution in [0.5, 0.6) is 0 Å². The average molecular weight is 368 g/mol. The quantitative estimate of drug-likeness (QED) is 0.744. The summed E-state index contributed by atoms with van der Waals surface area (Å²) in [5.41, 5.74) is 2.32. The highest BCUT2D eigenvalue weighted by atomic mass is 16.4. The molecule has 1 aliphatic heterocycles. The van der Waals surface area contributed by atoms with Gasteiger partial charge in [0.15, 0.2) is 5.58 Å². The van der Waals surface area contributed by atoms with Crippen molar-refractivity contribution in [3.05, 3.63) is 36.0 Å². The van der Waals surface area contributed by atoms with Gasteiger partial charge in [0.1, 0.15) is 5.82 Å². The summed E-state index contributed by atoms with van der Waals surface area (Å²) in [5.74, 6) is 1.23. The lowest BCUT2D eigenvalue weighted by atomic mass is 9.94. The number of pyridine rings is 1. The van der Waals surface area contributed by atoms with Gasteiger partial charge >= 0.3 is 0 Å². The molecule has 1 aliphatic rings. The molecule has 0 aliphatic carbocycles. The molecule has 4 rings (SSSR count). The molecule has 3 aromatic heterocycles. The van der Waals surface area contributed by atoms with Crippen LogP contribution in [-0.4, -0.2) is 50.9 Å². The molecule has 0 bridgehead atoms. The van der Waals surface area contributed by atoms with Crippen molar-refractivity contribution in [2.24, 2.45) is 5.92 Å². The number of carbonyl (C=O) groups is 1. The molecule has 1 unspecified atom stereocenters. The first kappa shape index (κ1) is 17.5. The Labute approximate surface area is 157 Å². The van der Waals surface area contributed by atoms with Crippen molar-refractivity contribution < 1.29 is 9.21 Å². The molecule has 1 amide bonds. The van der Waals surface area contributed by atoms with E-state index in [4.69, 9.17) is 4.42 Å². The second-order valence-corrected chi connectivity index (χ2v) is 7.24. The molecule has 8 heteroatoms. The molecule has 1 atom stereocenters. The fourth-order valence-electron chi connectivity index (χ4n) is 3.56. The van der Waals surface area contributed by atoms with Gasteiger partial charge in [-0.2, -0.15) is 4.98 Å². The molecule has 1 saturated heterocycles. The summed E-state index contributed by atoms with van der Waals surface area (Å²) in [5, 5.41) is 0. The van der Waals surface area contributed by atoms with E-state index in [1.807, 2.05) is 26.1 Å². The summed E-state index contributed by atoms with van der Waals surface area (Å²) in [6, 6.07) is 4.31. The Morgan fingerprint density at radius 3 is 3.11 bits per heavy atom. The fourth-order valence-corrected chi connectivity index (χ4v) is 3.56. The third-order valence-corrected chi connectivity index (χ3v) is 4.97. The van der Waals surface area contributed by atoms with Gasteiger partial charge in [0.2, 0.25) is 11.6 Å². The van der Waals surface area contributed by atoms with E-state index in [-0.39, 0.29) is 11.8 Å². The first-order valence-corrected chi connectivity index (χ1v) is 9.29. The summed E-state index contributed by atoms with van der Waals surface area (Å²) in [4.78, 5) is 32.6. The van der Waals surface area contributed by atoms with Gasteiger partial charge in [-0.1, -0.05) is 0 Å². The molecule has 1 N–H and O–H groups in total. The van der Waals surface area contributed by atoms with Gasteiger partial charge in [0, 0.05) is 44.6 Å². The van der Waals surface area contributed by atoms with Crippen LogP contribution < -0.4 is 4.90 Å². The number of aryl methyl sites for hydroxylation is 1. The number of rotatable bonds is 5. The zero-order valence-electron chi connectivity index (χ0n) is 15.7. The van der Waals surface area contributed by atoms with Gasteiger partial charge in [0.05, 0.1) is 6.54 Å². The average Bonchev–Trinajstić information content (AvgIpc) is 3.27. The highest BCUT2D eigenvalue weighted by Gasteiger charge is 2.26. The maximum Gasteiger partial charge on any atom is 0.299 e. The molecule has 4 heterocycles. The third kappa shape index (κ3) is 3.94. The Morgan fingerprint density at radius 2 is 2.33 bits per heavy atom. The molecular formula is C19H24N6O2. The highest BCUT2D eigenvalue weighted by molar-refractivity contribution is 5.76. The van der Waals surface area contributed by atoms with Crippen LogP contribution in [0.4, 0.5) is 6.01 Å². The fraction of sp³-hybridized carbons (Fsp3) is 0.474. The number of oxazole rings is 1. The number of fused-ring (bicyclic) bond motifs is 1. The van der Waals surface area contributed by atoms with Crippen LogP contribution in [0.1, 0.15) is 30.8 Å². The van der Waals surface area contributed by atoms with E-state index >= 15 is 0 Å². The van der Waals surface area contributed by atoms with Gasteiger partial charge in [-0.05, 0) is 37.8 Å². The lowest BCUT2D eigenvalue weighted by Gasteiger charge is -2.32. The number of aromatic amines is 1. The number of aromatic nitrogens is 4. The van der Waals surface area contributed by atoms with Crippen molar-refractivity contribution in [1.82, 2.24) is 24.8 Å².